The number of benzene rings is 4. The Balaban J connectivity index is 1.75. The van der Waals surface area contributed by atoms with E-state index in [1.807, 2.05) is 0 Å². The van der Waals surface area contributed by atoms with Gasteiger partial charge < -0.3 is 0 Å². The predicted molar refractivity (Wildman–Crippen MR) is 258 cm³/mol. The van der Waals surface area contributed by atoms with Crippen LogP contribution in [0.3, 0.4) is 0 Å². The van der Waals surface area contributed by atoms with Crippen LogP contribution in [0.15, 0.2) is 24.3 Å². The number of carbonyl (C=O) groups is 2. The topological polar surface area (TPSA) is 34.1 Å². The molecular formula is C58H78O2. The van der Waals surface area contributed by atoms with E-state index in [9.17, 15) is 9.59 Å². The Morgan fingerprint density at radius 1 is 0.300 bits per heavy atom. The molecular weight excluding hydrogens is 729 g/mol. The molecule has 0 aromatic heterocycles. The van der Waals surface area contributed by atoms with Crippen molar-refractivity contribution >= 4 is 33.1 Å². The summed E-state index contributed by atoms with van der Waals surface area (Å²) in [6.07, 6.45) is 25.2. The van der Waals surface area contributed by atoms with E-state index in [-0.39, 0.29) is 35.2 Å². The van der Waals surface area contributed by atoms with Crippen LogP contribution >= 0.6 is 0 Å². The number of ketones is 2. The van der Waals surface area contributed by atoms with Crippen LogP contribution in [0.25, 0.3) is 21.5 Å². The highest BCUT2D eigenvalue weighted by Gasteiger charge is 2.58. The minimum absolute atomic E-state index is 0.0829. The molecule has 4 aromatic rings. The summed E-state index contributed by atoms with van der Waals surface area (Å²) in [5.74, 6) is -0.459. The summed E-state index contributed by atoms with van der Waals surface area (Å²) in [6, 6.07) is 5.37. The smallest absolute Gasteiger partial charge is 0.160 e. The second kappa shape index (κ2) is 19.3. The Labute approximate surface area is 364 Å². The normalized spacial score (nSPS) is 19.2. The molecule has 0 radical (unpaired) electrons. The van der Waals surface area contributed by atoms with Crippen LogP contribution < -0.4 is 0 Å². The molecule has 8 rings (SSSR count). The van der Waals surface area contributed by atoms with E-state index >= 15 is 0 Å². The van der Waals surface area contributed by atoms with Gasteiger partial charge in [-0.05, 0) is 188 Å². The molecule has 0 N–H and O–H groups in total. The van der Waals surface area contributed by atoms with E-state index in [0.717, 1.165) is 116 Å². The number of rotatable bonds is 20. The van der Waals surface area contributed by atoms with Gasteiger partial charge in [-0.25, -0.2) is 0 Å². The van der Waals surface area contributed by atoms with Gasteiger partial charge in [0.15, 0.2) is 11.6 Å². The Kier molecular flexibility index (Phi) is 14.3. The monoisotopic (exact) mass is 807 g/mol. The second-order valence-corrected chi connectivity index (χ2v) is 19.0. The molecule has 0 spiro atoms. The Morgan fingerprint density at radius 3 is 0.817 bits per heavy atom. The fourth-order valence-electron chi connectivity index (χ4n) is 13.2. The first-order chi connectivity index (χ1) is 29.3. The Morgan fingerprint density at radius 2 is 0.517 bits per heavy atom. The van der Waals surface area contributed by atoms with Crippen LogP contribution in [-0.2, 0) is 73.8 Å². The summed E-state index contributed by atoms with van der Waals surface area (Å²) in [7, 11) is 0. The van der Waals surface area contributed by atoms with Crippen molar-refractivity contribution in [2.75, 3.05) is 0 Å². The highest BCUT2D eigenvalue weighted by atomic mass is 16.1. The summed E-state index contributed by atoms with van der Waals surface area (Å²) in [6.45, 7) is 23.5. The average Bonchev–Trinajstić information content (AvgIpc) is 3.24. The third kappa shape index (κ3) is 7.16. The molecule has 0 aliphatic heterocycles. The van der Waals surface area contributed by atoms with Gasteiger partial charge in [-0.2, -0.15) is 0 Å². The highest BCUT2D eigenvalue weighted by Crippen LogP contribution is 2.65. The number of allylic oxidation sites excluding steroid dienone is 2. The molecule has 2 heteroatoms. The van der Waals surface area contributed by atoms with Crippen molar-refractivity contribution in [1.82, 2.24) is 0 Å². The van der Waals surface area contributed by atoms with Crippen molar-refractivity contribution in [3.8, 4) is 0 Å². The lowest BCUT2D eigenvalue weighted by atomic mass is 9.48. The number of fused-ring (bicyclic) bond motifs is 2. The Hall–Kier alpha value is -3.52. The summed E-state index contributed by atoms with van der Waals surface area (Å²) >= 11 is 0. The first-order valence-corrected chi connectivity index (χ1v) is 25.3. The molecule has 0 saturated heterocycles. The van der Waals surface area contributed by atoms with Gasteiger partial charge in [0, 0.05) is 23.7 Å². The van der Waals surface area contributed by atoms with Crippen LogP contribution in [-0.4, -0.2) is 11.6 Å². The second-order valence-electron chi connectivity index (χ2n) is 19.0. The summed E-state index contributed by atoms with van der Waals surface area (Å²) in [4.78, 5) is 29.4. The van der Waals surface area contributed by atoms with E-state index in [1.54, 1.807) is 56.7 Å². The summed E-state index contributed by atoms with van der Waals surface area (Å²) in [5.41, 5.74) is 21.7. The third-order valence-corrected chi connectivity index (χ3v) is 14.9. The van der Waals surface area contributed by atoms with Gasteiger partial charge in [-0.3, -0.25) is 9.59 Å². The first-order valence-electron chi connectivity index (χ1n) is 25.3. The van der Waals surface area contributed by atoms with Crippen molar-refractivity contribution in [2.24, 2.45) is 11.8 Å². The van der Waals surface area contributed by atoms with Gasteiger partial charge in [0.1, 0.15) is 0 Å². The van der Waals surface area contributed by atoms with Crippen molar-refractivity contribution < 1.29 is 9.59 Å². The Bertz CT molecular complexity index is 2140. The number of hydrogen-bond donors (Lipinski definition) is 0. The molecule has 60 heavy (non-hydrogen) atoms. The van der Waals surface area contributed by atoms with Crippen LogP contribution in [0, 0.1) is 11.8 Å². The molecule has 322 valence electrons. The van der Waals surface area contributed by atoms with Gasteiger partial charge in [0.2, 0.25) is 0 Å². The molecule has 4 aliphatic carbocycles. The first kappa shape index (κ1) is 44.5. The third-order valence-electron chi connectivity index (χ3n) is 14.9. The maximum Gasteiger partial charge on any atom is 0.160 e. The lowest BCUT2D eigenvalue weighted by Crippen LogP contribution is -2.50. The molecule has 4 aromatic carbocycles. The fraction of sp³-hybridized carbons (Fsp3) is 0.586. The quantitative estimate of drug-likeness (QED) is 0.0834. The molecule has 2 unspecified atom stereocenters. The van der Waals surface area contributed by atoms with Crippen LogP contribution in [0.1, 0.15) is 223 Å². The maximum absolute atomic E-state index is 14.7. The SMILES string of the molecule is CCCc1c(CCC)c(CCC)c2c(c1CCC)C1c3c(c(CCC)c4cc5c(CCC)c(CCC)c(CCC)c(CCC)c5cc4c3CCC)C2[C@@H]2C(=O)C=CC(=O)[C@H]12. The van der Waals surface area contributed by atoms with Crippen molar-refractivity contribution in [3.05, 3.63) is 102 Å². The lowest BCUT2D eigenvalue weighted by Gasteiger charge is -2.54. The van der Waals surface area contributed by atoms with Crippen molar-refractivity contribution in [3.63, 3.8) is 0 Å². The number of hydrogen-bond acceptors (Lipinski definition) is 2. The molecule has 0 heterocycles. The predicted octanol–water partition coefficient (Wildman–Crippen LogP) is 15.0. The average molecular weight is 807 g/mol. The zero-order valence-corrected chi connectivity index (χ0v) is 39.6. The molecule has 2 bridgehead atoms. The van der Waals surface area contributed by atoms with E-state index in [4.69, 9.17) is 0 Å². The largest absolute Gasteiger partial charge is 0.294 e. The molecule has 0 amide bonds. The zero-order chi connectivity index (χ0) is 42.8. The molecule has 0 fully saturated rings. The van der Waals surface area contributed by atoms with Gasteiger partial charge in [-0.15, -0.1) is 0 Å². The van der Waals surface area contributed by atoms with E-state index in [0.29, 0.717) is 0 Å². The number of carbonyl (C=O) groups excluding carboxylic acids is 2. The number of aryl methyl sites for hydroxylation is 4. The fourth-order valence-corrected chi connectivity index (χ4v) is 13.2. The van der Waals surface area contributed by atoms with Gasteiger partial charge in [0.05, 0.1) is 0 Å². The standard InChI is InChI=1S/C58H78O2/c1-11-21-35-36(22-12-2)40(26-16-6)46-34-48-44(30-20-10)54-53(43(29-19-9)47(48)33-45(46)39(35)25-15-5)57-51-41(27-17-7)37(23-13-3)38(24-14-4)42(28-18-8)52(51)58(54)56-50(60)32-31-49(59)55(56)57/h31-34,55-58H,11-30H2,1-10H3/t55-,56+,57?,58?. The molecule has 4 atom stereocenters. The molecule has 2 nitrogen and oxygen atoms in total. The van der Waals surface area contributed by atoms with Gasteiger partial charge in [-0.1, -0.05) is 133 Å². The summed E-state index contributed by atoms with van der Waals surface area (Å²) < 4.78 is 0. The van der Waals surface area contributed by atoms with Crippen molar-refractivity contribution in [2.45, 2.75) is 209 Å². The molecule has 4 aliphatic rings. The van der Waals surface area contributed by atoms with Crippen LogP contribution in [0.5, 0.6) is 0 Å². The van der Waals surface area contributed by atoms with Crippen LogP contribution in [0.4, 0.5) is 0 Å². The van der Waals surface area contributed by atoms with Gasteiger partial charge in [0.25, 0.3) is 0 Å². The lowest BCUT2D eigenvalue weighted by molar-refractivity contribution is -0.131. The van der Waals surface area contributed by atoms with E-state index in [1.165, 1.54) is 67.8 Å². The van der Waals surface area contributed by atoms with Gasteiger partial charge >= 0.3 is 0 Å². The maximum atomic E-state index is 14.7. The summed E-state index contributed by atoms with van der Waals surface area (Å²) in [5, 5.41) is 5.87. The minimum Gasteiger partial charge on any atom is -0.294 e. The molecule has 0 saturated carbocycles. The zero-order valence-electron chi connectivity index (χ0n) is 39.6. The highest BCUT2D eigenvalue weighted by molar-refractivity contribution is 6.11. The van der Waals surface area contributed by atoms with Crippen LogP contribution in [0.2, 0.25) is 0 Å². The van der Waals surface area contributed by atoms with Crippen molar-refractivity contribution in [1.29, 1.82) is 0 Å². The van der Waals surface area contributed by atoms with E-state index in [2.05, 4.69) is 81.4 Å². The minimum atomic E-state index is -0.327. The van der Waals surface area contributed by atoms with E-state index < -0.39 is 0 Å².